The number of hydrogen-bond acceptors (Lipinski definition) is 1. The van der Waals surface area contributed by atoms with Crippen molar-refractivity contribution in [3.05, 3.63) is 158 Å². The largest absolute Gasteiger partial charge is 0.135 e. The van der Waals surface area contributed by atoms with E-state index in [0.717, 1.165) is 0 Å². The zero-order valence-corrected chi connectivity index (χ0v) is 24.2. The molecule has 1 heteroatoms. The Morgan fingerprint density at radius 2 is 0.884 bits per heavy atom. The van der Waals surface area contributed by atoms with E-state index in [0.29, 0.717) is 0 Å². The Bertz CT molecular complexity index is 2440. The first-order valence-electron chi connectivity index (χ1n) is 14.8. The summed E-state index contributed by atoms with van der Waals surface area (Å²) in [6, 6.07) is 57.9. The van der Waals surface area contributed by atoms with Crippen molar-refractivity contribution in [3.8, 4) is 33.4 Å². The van der Waals surface area contributed by atoms with E-state index in [-0.39, 0.29) is 0 Å². The van der Waals surface area contributed by atoms with Gasteiger partial charge in [-0.2, -0.15) is 0 Å². The number of rotatable bonds is 3. The molecule has 1 heterocycles. The van der Waals surface area contributed by atoms with Crippen molar-refractivity contribution >= 4 is 63.8 Å². The Labute approximate surface area is 254 Å². The minimum Gasteiger partial charge on any atom is -0.135 e. The van der Waals surface area contributed by atoms with Crippen molar-refractivity contribution in [2.75, 3.05) is 0 Å². The maximum absolute atomic E-state index is 2.37. The first-order chi connectivity index (χ1) is 21.3. The van der Waals surface area contributed by atoms with Crippen LogP contribution >= 0.6 is 11.3 Å². The monoisotopic (exact) mass is 562 g/mol. The van der Waals surface area contributed by atoms with E-state index < -0.39 is 0 Å². The molecule has 0 amide bonds. The third kappa shape index (κ3) is 3.75. The van der Waals surface area contributed by atoms with Gasteiger partial charge in [0.1, 0.15) is 0 Å². The summed E-state index contributed by atoms with van der Waals surface area (Å²) in [5, 5.41) is 10.4. The lowest BCUT2D eigenvalue weighted by Crippen LogP contribution is -1.92. The molecule has 0 aliphatic carbocycles. The van der Waals surface area contributed by atoms with Gasteiger partial charge in [0.2, 0.25) is 0 Å². The zero-order chi connectivity index (χ0) is 28.3. The Balaban J connectivity index is 1.42. The standard InChI is InChI=1S/C42H26S/c1-2-12-27(13-3-1)29-25-24-28-14-10-20-34(37(28)26-29)40-30-15-4-6-17-32(30)41(33-18-7-5-16-31(33)40)36-21-11-23-39-42(36)35-19-8-9-22-38(35)43-39/h1-26H. The Morgan fingerprint density at radius 3 is 1.60 bits per heavy atom. The zero-order valence-electron chi connectivity index (χ0n) is 23.4. The van der Waals surface area contributed by atoms with Crippen molar-refractivity contribution in [2.45, 2.75) is 0 Å². The summed E-state index contributed by atoms with van der Waals surface area (Å²) in [7, 11) is 0. The van der Waals surface area contributed by atoms with Gasteiger partial charge < -0.3 is 0 Å². The normalized spacial score (nSPS) is 11.7. The predicted octanol–water partition coefficient (Wildman–Crippen LogP) is 12.5. The van der Waals surface area contributed by atoms with Gasteiger partial charge in [-0.05, 0) is 83.9 Å². The fourth-order valence-electron chi connectivity index (χ4n) is 6.99. The molecule has 0 radical (unpaired) electrons. The molecule has 0 fully saturated rings. The molecule has 0 aliphatic rings. The van der Waals surface area contributed by atoms with E-state index in [9.17, 15) is 0 Å². The molecule has 0 atom stereocenters. The summed E-state index contributed by atoms with van der Waals surface area (Å²) in [6.45, 7) is 0. The van der Waals surface area contributed by atoms with Crippen LogP contribution in [0.2, 0.25) is 0 Å². The van der Waals surface area contributed by atoms with Gasteiger partial charge in [-0.3, -0.25) is 0 Å². The Morgan fingerprint density at radius 1 is 0.326 bits per heavy atom. The summed E-state index contributed by atoms with van der Waals surface area (Å²) in [4.78, 5) is 0. The molecule has 0 unspecified atom stereocenters. The van der Waals surface area contributed by atoms with Crippen molar-refractivity contribution in [2.24, 2.45) is 0 Å². The summed E-state index contributed by atoms with van der Waals surface area (Å²) < 4.78 is 2.67. The van der Waals surface area contributed by atoms with E-state index in [2.05, 4.69) is 158 Å². The first kappa shape index (κ1) is 24.4. The van der Waals surface area contributed by atoms with Gasteiger partial charge >= 0.3 is 0 Å². The molecular formula is C42H26S. The lowest BCUT2D eigenvalue weighted by Gasteiger charge is -2.19. The number of benzene rings is 8. The highest BCUT2D eigenvalue weighted by Crippen LogP contribution is 2.48. The second-order valence-corrected chi connectivity index (χ2v) is 12.3. The molecule has 9 aromatic rings. The summed E-state index contributed by atoms with van der Waals surface area (Å²) >= 11 is 1.88. The molecule has 0 saturated heterocycles. The topological polar surface area (TPSA) is 0 Å². The SMILES string of the molecule is c1ccc(-c2ccc3cccc(-c4c5ccccc5c(-c5cccc6sc7ccccc7c56)c5ccccc45)c3c2)cc1. The maximum atomic E-state index is 2.37. The lowest BCUT2D eigenvalue weighted by atomic mass is 9.83. The molecule has 8 aromatic carbocycles. The molecule has 200 valence electrons. The summed E-state index contributed by atoms with van der Waals surface area (Å²) in [6.07, 6.45) is 0. The minimum absolute atomic E-state index is 1.24. The van der Waals surface area contributed by atoms with Crippen LogP contribution in [0.5, 0.6) is 0 Å². The number of fused-ring (bicyclic) bond motifs is 6. The van der Waals surface area contributed by atoms with Crippen molar-refractivity contribution in [1.29, 1.82) is 0 Å². The van der Waals surface area contributed by atoms with Gasteiger partial charge in [0.05, 0.1) is 0 Å². The van der Waals surface area contributed by atoms with Crippen LogP contribution in [0.25, 0.3) is 85.9 Å². The molecule has 0 N–H and O–H groups in total. The van der Waals surface area contributed by atoms with E-state index in [4.69, 9.17) is 0 Å². The third-order valence-corrected chi connectivity index (χ3v) is 10.00. The molecule has 1 aromatic heterocycles. The van der Waals surface area contributed by atoms with Gasteiger partial charge in [0.15, 0.2) is 0 Å². The molecular weight excluding hydrogens is 537 g/mol. The van der Waals surface area contributed by atoms with Crippen LogP contribution in [0.15, 0.2) is 158 Å². The van der Waals surface area contributed by atoms with Crippen LogP contribution in [-0.4, -0.2) is 0 Å². The lowest BCUT2D eigenvalue weighted by molar-refractivity contribution is 1.64. The minimum atomic E-state index is 1.24. The van der Waals surface area contributed by atoms with Gasteiger partial charge in [0, 0.05) is 20.2 Å². The van der Waals surface area contributed by atoms with Gasteiger partial charge in [-0.1, -0.05) is 140 Å². The van der Waals surface area contributed by atoms with Crippen LogP contribution in [0, 0.1) is 0 Å². The van der Waals surface area contributed by atoms with E-state index >= 15 is 0 Å². The van der Waals surface area contributed by atoms with Crippen LogP contribution in [-0.2, 0) is 0 Å². The Hall–Kier alpha value is -5.24. The molecule has 0 aliphatic heterocycles. The van der Waals surface area contributed by atoms with Crippen LogP contribution in [0.4, 0.5) is 0 Å². The van der Waals surface area contributed by atoms with Crippen LogP contribution < -0.4 is 0 Å². The molecule has 43 heavy (non-hydrogen) atoms. The average Bonchev–Trinajstić information content (AvgIpc) is 3.46. The van der Waals surface area contributed by atoms with E-state index in [1.165, 1.54) is 85.9 Å². The Kier molecular flexibility index (Phi) is 5.47. The highest BCUT2D eigenvalue weighted by molar-refractivity contribution is 7.25. The third-order valence-electron chi connectivity index (χ3n) is 8.86. The van der Waals surface area contributed by atoms with Crippen molar-refractivity contribution in [1.82, 2.24) is 0 Å². The molecule has 9 rings (SSSR count). The molecule has 0 saturated carbocycles. The quantitative estimate of drug-likeness (QED) is 0.188. The second kappa shape index (κ2) is 9.66. The number of hydrogen-bond donors (Lipinski definition) is 0. The first-order valence-corrected chi connectivity index (χ1v) is 15.6. The van der Waals surface area contributed by atoms with Crippen molar-refractivity contribution < 1.29 is 0 Å². The summed E-state index contributed by atoms with van der Waals surface area (Å²) in [5.41, 5.74) is 7.66. The maximum Gasteiger partial charge on any atom is 0.0361 e. The highest BCUT2D eigenvalue weighted by atomic mass is 32.1. The van der Waals surface area contributed by atoms with Crippen LogP contribution in [0.3, 0.4) is 0 Å². The van der Waals surface area contributed by atoms with Crippen LogP contribution in [0.1, 0.15) is 0 Å². The van der Waals surface area contributed by atoms with Gasteiger partial charge in [0.25, 0.3) is 0 Å². The van der Waals surface area contributed by atoms with E-state index in [1.807, 2.05) is 11.3 Å². The smallest absolute Gasteiger partial charge is 0.0361 e. The fraction of sp³-hybridized carbons (Fsp3) is 0. The second-order valence-electron chi connectivity index (χ2n) is 11.2. The molecule has 0 bridgehead atoms. The summed E-state index contributed by atoms with van der Waals surface area (Å²) in [5.74, 6) is 0. The molecule has 0 spiro atoms. The highest BCUT2D eigenvalue weighted by Gasteiger charge is 2.20. The number of thiophene rings is 1. The van der Waals surface area contributed by atoms with E-state index in [1.54, 1.807) is 0 Å². The van der Waals surface area contributed by atoms with Crippen molar-refractivity contribution in [3.63, 3.8) is 0 Å². The average molecular weight is 563 g/mol. The van der Waals surface area contributed by atoms with Gasteiger partial charge in [-0.25, -0.2) is 0 Å². The fourth-order valence-corrected chi connectivity index (χ4v) is 8.12. The predicted molar refractivity (Wildman–Crippen MR) is 188 cm³/mol. The molecule has 0 nitrogen and oxygen atoms in total. The van der Waals surface area contributed by atoms with Gasteiger partial charge in [-0.15, -0.1) is 11.3 Å².